The molecule has 0 N–H and O–H groups in total. The number of methoxy groups -OCH3 is 1. The van der Waals surface area contributed by atoms with Gasteiger partial charge >= 0.3 is 0 Å². The molecule has 0 atom stereocenters. The lowest BCUT2D eigenvalue weighted by atomic mass is 10.2. The fraction of sp³-hybridized carbons (Fsp3) is 0.148. The van der Waals surface area contributed by atoms with E-state index in [-0.39, 0.29) is 17.5 Å². The van der Waals surface area contributed by atoms with Gasteiger partial charge in [0.25, 0.3) is 5.56 Å². The summed E-state index contributed by atoms with van der Waals surface area (Å²) in [6.07, 6.45) is 1.39. The second-order valence-electron chi connectivity index (χ2n) is 8.40. The van der Waals surface area contributed by atoms with Crippen LogP contribution in [0.3, 0.4) is 0 Å². The van der Waals surface area contributed by atoms with Gasteiger partial charge in [-0.15, -0.1) is 0 Å². The van der Waals surface area contributed by atoms with Crippen LogP contribution in [0.1, 0.15) is 19.4 Å². The van der Waals surface area contributed by atoms with Gasteiger partial charge in [0.05, 0.1) is 30.3 Å². The molecule has 0 aliphatic heterocycles. The maximum atomic E-state index is 13.5. The first-order valence-corrected chi connectivity index (χ1v) is 12.8. The predicted molar refractivity (Wildman–Crippen MR) is 151 cm³/mol. The summed E-state index contributed by atoms with van der Waals surface area (Å²) in [4.78, 5) is 18.2. The molecule has 5 aromatic rings. The molecule has 10 heteroatoms. The van der Waals surface area contributed by atoms with Gasteiger partial charge in [0, 0.05) is 20.4 Å². The number of para-hydroxylation sites is 1. The number of aromatic nitrogens is 2. The van der Waals surface area contributed by atoms with E-state index in [1.165, 1.54) is 18.0 Å². The summed E-state index contributed by atoms with van der Waals surface area (Å²) in [5.74, 6) is 1.45. The fourth-order valence-electron chi connectivity index (χ4n) is 3.83. The van der Waals surface area contributed by atoms with Crippen LogP contribution in [0.4, 0.5) is 0 Å². The van der Waals surface area contributed by atoms with Gasteiger partial charge in [-0.25, -0.2) is 4.98 Å². The van der Waals surface area contributed by atoms with E-state index in [4.69, 9.17) is 42.1 Å². The highest BCUT2D eigenvalue weighted by Crippen LogP contribution is 2.42. The molecule has 5 rings (SSSR count). The van der Waals surface area contributed by atoms with Crippen molar-refractivity contribution in [3.05, 3.63) is 85.0 Å². The van der Waals surface area contributed by atoms with Gasteiger partial charge in [-0.2, -0.15) is 9.78 Å². The largest absolute Gasteiger partial charge is 0.493 e. The molecule has 2 heterocycles. The van der Waals surface area contributed by atoms with Crippen molar-refractivity contribution in [3.63, 3.8) is 0 Å². The molecule has 0 bridgehead atoms. The molecule has 0 unspecified atom stereocenters. The zero-order chi connectivity index (χ0) is 26.3. The maximum Gasteiger partial charge on any atom is 0.282 e. The summed E-state index contributed by atoms with van der Waals surface area (Å²) in [5.41, 5.74) is 1.34. The van der Waals surface area contributed by atoms with E-state index < -0.39 is 0 Å². The molecule has 188 valence electrons. The summed E-state index contributed by atoms with van der Waals surface area (Å²) in [5, 5.41) is 6.59. The van der Waals surface area contributed by atoms with Crippen LogP contribution >= 0.6 is 39.1 Å². The quantitative estimate of drug-likeness (QED) is 0.188. The third-order valence-electron chi connectivity index (χ3n) is 5.49. The molecule has 0 radical (unpaired) electrons. The second-order valence-corrected chi connectivity index (χ2v) is 10.0. The molecule has 0 saturated carbocycles. The van der Waals surface area contributed by atoms with Crippen molar-refractivity contribution >= 4 is 67.2 Å². The normalized spacial score (nSPS) is 11.8. The Hall–Kier alpha value is -3.33. The number of hydrogen-bond donors (Lipinski definition) is 0. The minimum absolute atomic E-state index is 0.110. The third kappa shape index (κ3) is 4.84. The Labute approximate surface area is 230 Å². The van der Waals surface area contributed by atoms with Gasteiger partial charge in [0.1, 0.15) is 10.6 Å². The Morgan fingerprint density at radius 2 is 1.92 bits per heavy atom. The van der Waals surface area contributed by atoms with E-state index >= 15 is 0 Å². The lowest BCUT2D eigenvalue weighted by molar-refractivity contribution is 0.230. The van der Waals surface area contributed by atoms with Gasteiger partial charge in [0.15, 0.2) is 17.3 Å². The van der Waals surface area contributed by atoms with Gasteiger partial charge in [-0.1, -0.05) is 35.3 Å². The Kier molecular flexibility index (Phi) is 6.98. The Balaban J connectivity index is 1.69. The predicted octanol–water partition coefficient (Wildman–Crippen LogP) is 7.56. The highest BCUT2D eigenvalue weighted by molar-refractivity contribution is 9.10. The molecule has 37 heavy (non-hydrogen) atoms. The summed E-state index contributed by atoms with van der Waals surface area (Å²) in [7, 11) is 1.53. The average Bonchev–Trinajstić information content (AvgIpc) is 3.30. The minimum Gasteiger partial charge on any atom is -0.493 e. The average molecular weight is 601 g/mol. The van der Waals surface area contributed by atoms with Gasteiger partial charge in [0.2, 0.25) is 5.82 Å². The zero-order valence-corrected chi connectivity index (χ0v) is 23.1. The monoisotopic (exact) mass is 599 g/mol. The molecule has 0 spiro atoms. The molecule has 0 aliphatic rings. The number of furan rings is 1. The van der Waals surface area contributed by atoms with Gasteiger partial charge in [-0.3, -0.25) is 4.79 Å². The molecular weight excluding hydrogens is 581 g/mol. The number of nitrogens with zero attached hydrogens (tertiary/aromatic N) is 3. The summed E-state index contributed by atoms with van der Waals surface area (Å²) in [6.45, 7) is 3.79. The first kappa shape index (κ1) is 25.3. The van der Waals surface area contributed by atoms with Crippen molar-refractivity contribution in [2.24, 2.45) is 5.10 Å². The molecule has 3 aromatic carbocycles. The van der Waals surface area contributed by atoms with Crippen LogP contribution in [0.5, 0.6) is 11.5 Å². The molecule has 0 amide bonds. The second kappa shape index (κ2) is 10.2. The number of fused-ring (bicyclic) bond motifs is 2. The van der Waals surface area contributed by atoms with Crippen molar-refractivity contribution in [1.29, 1.82) is 0 Å². The molecule has 0 saturated heterocycles. The summed E-state index contributed by atoms with van der Waals surface area (Å²) in [6, 6.07) is 15.8. The lowest BCUT2D eigenvalue weighted by Gasteiger charge is -2.17. The van der Waals surface area contributed by atoms with Crippen molar-refractivity contribution in [2.45, 2.75) is 20.0 Å². The van der Waals surface area contributed by atoms with Crippen LogP contribution in [0, 0.1) is 0 Å². The third-order valence-corrected chi connectivity index (χ3v) is 7.17. The van der Waals surface area contributed by atoms with Crippen LogP contribution in [0.25, 0.3) is 33.5 Å². The van der Waals surface area contributed by atoms with Crippen LogP contribution in [-0.2, 0) is 0 Å². The van der Waals surface area contributed by atoms with E-state index in [9.17, 15) is 4.79 Å². The van der Waals surface area contributed by atoms with Crippen LogP contribution in [0.2, 0.25) is 10.0 Å². The summed E-state index contributed by atoms with van der Waals surface area (Å²) < 4.78 is 19.1. The summed E-state index contributed by atoms with van der Waals surface area (Å²) >= 11 is 16.2. The molecule has 0 aliphatic carbocycles. The number of hydrogen-bond acceptors (Lipinski definition) is 6. The SMILES string of the molecule is COc1cc(C=Nn2c(-c3cc4cc(Cl)ccc4o3)nc3ccccc3c2=O)c(Br)c(Cl)c1OC(C)C. The first-order chi connectivity index (χ1) is 17.8. The number of benzene rings is 3. The van der Waals surface area contributed by atoms with E-state index in [2.05, 4.69) is 21.0 Å². The highest BCUT2D eigenvalue weighted by atomic mass is 79.9. The highest BCUT2D eigenvalue weighted by Gasteiger charge is 2.19. The molecular formula is C27H20BrCl2N3O4. The Bertz CT molecular complexity index is 1740. The molecule has 0 fully saturated rings. The van der Waals surface area contributed by atoms with Gasteiger partial charge < -0.3 is 13.9 Å². The van der Waals surface area contributed by atoms with Crippen molar-refractivity contribution in [1.82, 2.24) is 9.66 Å². The number of rotatable bonds is 6. The Morgan fingerprint density at radius 1 is 1.14 bits per heavy atom. The van der Waals surface area contributed by atoms with E-state index in [0.717, 1.165) is 5.39 Å². The van der Waals surface area contributed by atoms with Crippen molar-refractivity contribution in [2.75, 3.05) is 7.11 Å². The van der Waals surface area contributed by atoms with E-state index in [0.29, 0.717) is 53.8 Å². The standard InChI is InChI=1S/C27H20BrCl2N3O4/c1-14(2)36-25-21(35-3)12-16(23(28)24(25)30)13-31-33-26(32-19-7-5-4-6-18(19)27(33)34)22-11-15-10-17(29)8-9-20(15)37-22/h4-14H,1-3H3. The minimum atomic E-state index is -0.357. The zero-order valence-electron chi connectivity index (χ0n) is 20.0. The first-order valence-electron chi connectivity index (χ1n) is 11.2. The Morgan fingerprint density at radius 3 is 2.68 bits per heavy atom. The van der Waals surface area contributed by atoms with Crippen LogP contribution < -0.4 is 15.0 Å². The van der Waals surface area contributed by atoms with Gasteiger partial charge in [-0.05, 0) is 72.2 Å². The lowest BCUT2D eigenvalue weighted by Crippen LogP contribution is -2.20. The topological polar surface area (TPSA) is 78.9 Å². The van der Waals surface area contributed by atoms with Crippen molar-refractivity contribution in [3.8, 4) is 23.1 Å². The molecule has 2 aromatic heterocycles. The maximum absolute atomic E-state index is 13.5. The van der Waals surface area contributed by atoms with Crippen LogP contribution in [0.15, 0.2) is 73.4 Å². The number of halogens is 3. The smallest absolute Gasteiger partial charge is 0.282 e. The van der Waals surface area contributed by atoms with Crippen LogP contribution in [-0.4, -0.2) is 29.1 Å². The fourth-order valence-corrected chi connectivity index (χ4v) is 4.65. The number of ether oxygens (including phenoxy) is 2. The van der Waals surface area contributed by atoms with E-state index in [1.54, 1.807) is 48.5 Å². The van der Waals surface area contributed by atoms with Crippen molar-refractivity contribution < 1.29 is 13.9 Å². The van der Waals surface area contributed by atoms with E-state index in [1.807, 2.05) is 19.9 Å². The molecule has 7 nitrogen and oxygen atoms in total.